The monoisotopic (exact) mass is 275 g/mol. The Morgan fingerprint density at radius 3 is 2.65 bits per heavy atom. The Labute approximate surface area is 119 Å². The average molecular weight is 275 g/mol. The molecule has 5 nitrogen and oxygen atoms in total. The van der Waals surface area contributed by atoms with Crippen molar-refractivity contribution in [2.75, 3.05) is 33.7 Å². The third-order valence-electron chi connectivity index (χ3n) is 3.42. The van der Waals surface area contributed by atoms with Gasteiger partial charge in [-0.05, 0) is 25.1 Å². The highest BCUT2D eigenvalue weighted by Crippen LogP contribution is 2.11. The van der Waals surface area contributed by atoms with E-state index < -0.39 is 0 Å². The first-order valence-corrected chi connectivity index (χ1v) is 6.83. The lowest BCUT2D eigenvalue weighted by Gasteiger charge is -2.32. The second-order valence-corrected chi connectivity index (χ2v) is 5.39. The van der Waals surface area contributed by atoms with Gasteiger partial charge in [-0.2, -0.15) is 0 Å². The van der Waals surface area contributed by atoms with Gasteiger partial charge in [-0.25, -0.2) is 0 Å². The van der Waals surface area contributed by atoms with E-state index in [9.17, 15) is 9.59 Å². The van der Waals surface area contributed by atoms with Crippen LogP contribution >= 0.6 is 0 Å². The number of amides is 2. The standard InChI is InChI=1S/C15H21N3O2/c1-11-10-18(8-7-16-11)15(20)13-6-4-5-12(9-13)14(19)17(2)3/h4-6,9,11,16H,7-8,10H2,1-3H3. The molecule has 1 unspecified atom stereocenters. The van der Waals surface area contributed by atoms with Gasteiger partial charge < -0.3 is 15.1 Å². The van der Waals surface area contributed by atoms with E-state index in [0.29, 0.717) is 30.3 Å². The van der Waals surface area contributed by atoms with Crippen molar-refractivity contribution in [3.05, 3.63) is 35.4 Å². The zero-order chi connectivity index (χ0) is 14.7. The molecular formula is C15H21N3O2. The summed E-state index contributed by atoms with van der Waals surface area (Å²) < 4.78 is 0. The van der Waals surface area contributed by atoms with Crippen molar-refractivity contribution in [3.8, 4) is 0 Å². The summed E-state index contributed by atoms with van der Waals surface area (Å²) in [6, 6.07) is 7.24. The van der Waals surface area contributed by atoms with E-state index in [4.69, 9.17) is 0 Å². The van der Waals surface area contributed by atoms with Gasteiger partial charge in [0.2, 0.25) is 0 Å². The topological polar surface area (TPSA) is 52.7 Å². The SMILES string of the molecule is CC1CN(C(=O)c2cccc(C(=O)N(C)C)c2)CCN1. The zero-order valence-corrected chi connectivity index (χ0v) is 12.2. The van der Waals surface area contributed by atoms with Crippen LogP contribution in [0.3, 0.4) is 0 Å². The van der Waals surface area contributed by atoms with Crippen LogP contribution in [0, 0.1) is 0 Å². The molecule has 2 amide bonds. The second kappa shape index (κ2) is 6.05. The van der Waals surface area contributed by atoms with Gasteiger partial charge in [0, 0.05) is 50.9 Å². The molecule has 0 radical (unpaired) electrons. The first kappa shape index (κ1) is 14.5. The maximum Gasteiger partial charge on any atom is 0.253 e. The van der Waals surface area contributed by atoms with E-state index in [0.717, 1.165) is 6.54 Å². The third-order valence-corrected chi connectivity index (χ3v) is 3.42. The molecule has 1 aromatic rings. The summed E-state index contributed by atoms with van der Waals surface area (Å²) in [5.74, 6) is -0.0971. The zero-order valence-electron chi connectivity index (χ0n) is 12.2. The Morgan fingerprint density at radius 1 is 1.30 bits per heavy atom. The molecule has 20 heavy (non-hydrogen) atoms. The Morgan fingerprint density at radius 2 is 2.00 bits per heavy atom. The van der Waals surface area contributed by atoms with Gasteiger partial charge in [-0.15, -0.1) is 0 Å². The second-order valence-electron chi connectivity index (χ2n) is 5.39. The molecule has 1 aliphatic heterocycles. The molecule has 1 fully saturated rings. The fraction of sp³-hybridized carbons (Fsp3) is 0.467. The van der Waals surface area contributed by atoms with Crippen LogP contribution in [0.25, 0.3) is 0 Å². The van der Waals surface area contributed by atoms with Gasteiger partial charge >= 0.3 is 0 Å². The summed E-state index contributed by atoms with van der Waals surface area (Å²) in [7, 11) is 3.41. The summed E-state index contributed by atoms with van der Waals surface area (Å²) in [5.41, 5.74) is 1.12. The number of nitrogens with one attached hydrogen (secondary N) is 1. The van der Waals surface area contributed by atoms with Crippen LogP contribution in [0.1, 0.15) is 27.6 Å². The quantitative estimate of drug-likeness (QED) is 0.869. The number of benzene rings is 1. The van der Waals surface area contributed by atoms with Gasteiger partial charge in [0.05, 0.1) is 0 Å². The fourth-order valence-electron chi connectivity index (χ4n) is 2.34. The highest BCUT2D eigenvalue weighted by atomic mass is 16.2. The lowest BCUT2D eigenvalue weighted by Crippen LogP contribution is -2.51. The molecule has 2 rings (SSSR count). The first-order valence-electron chi connectivity index (χ1n) is 6.83. The molecule has 0 saturated carbocycles. The molecule has 1 heterocycles. The summed E-state index contributed by atoms with van der Waals surface area (Å²) in [4.78, 5) is 27.7. The normalized spacial score (nSPS) is 18.8. The van der Waals surface area contributed by atoms with Crippen LogP contribution in [0.15, 0.2) is 24.3 Å². The number of carbonyl (C=O) groups excluding carboxylic acids is 2. The van der Waals surface area contributed by atoms with E-state index >= 15 is 0 Å². The van der Waals surface area contributed by atoms with E-state index in [1.807, 2.05) is 4.90 Å². The molecule has 1 N–H and O–H groups in total. The van der Waals surface area contributed by atoms with E-state index in [1.54, 1.807) is 38.4 Å². The fourth-order valence-corrected chi connectivity index (χ4v) is 2.34. The van der Waals surface area contributed by atoms with Crippen LogP contribution in [0.4, 0.5) is 0 Å². The molecule has 1 aromatic carbocycles. The van der Waals surface area contributed by atoms with Crippen molar-refractivity contribution < 1.29 is 9.59 Å². The largest absolute Gasteiger partial charge is 0.345 e. The van der Waals surface area contributed by atoms with E-state index in [-0.39, 0.29) is 11.8 Å². The smallest absolute Gasteiger partial charge is 0.253 e. The summed E-state index contributed by atoms with van der Waals surface area (Å²) >= 11 is 0. The van der Waals surface area contributed by atoms with Crippen molar-refractivity contribution in [2.45, 2.75) is 13.0 Å². The maximum atomic E-state index is 12.5. The highest BCUT2D eigenvalue weighted by molar-refractivity contribution is 5.99. The van der Waals surface area contributed by atoms with Crippen LogP contribution in [0.5, 0.6) is 0 Å². The van der Waals surface area contributed by atoms with Crippen molar-refractivity contribution in [1.82, 2.24) is 15.1 Å². The molecule has 1 aliphatic rings. The molecule has 1 atom stereocenters. The molecule has 108 valence electrons. The minimum atomic E-state index is -0.0895. The Hall–Kier alpha value is -1.88. The van der Waals surface area contributed by atoms with Gasteiger partial charge in [-0.3, -0.25) is 9.59 Å². The number of hydrogen-bond donors (Lipinski definition) is 1. The van der Waals surface area contributed by atoms with Crippen molar-refractivity contribution in [3.63, 3.8) is 0 Å². The molecule has 0 aromatic heterocycles. The summed E-state index contributed by atoms with van der Waals surface area (Å²) in [5, 5.41) is 3.31. The molecule has 0 aliphatic carbocycles. The highest BCUT2D eigenvalue weighted by Gasteiger charge is 2.22. The van der Waals surface area contributed by atoms with Gasteiger partial charge in [0.15, 0.2) is 0 Å². The van der Waals surface area contributed by atoms with Crippen LogP contribution < -0.4 is 5.32 Å². The Kier molecular flexibility index (Phi) is 4.39. The molecular weight excluding hydrogens is 254 g/mol. The van der Waals surface area contributed by atoms with Gasteiger partial charge in [0.25, 0.3) is 11.8 Å². The van der Waals surface area contributed by atoms with Gasteiger partial charge in [0.1, 0.15) is 0 Å². The maximum absolute atomic E-state index is 12.5. The number of rotatable bonds is 2. The molecule has 5 heteroatoms. The van der Waals surface area contributed by atoms with E-state index in [2.05, 4.69) is 12.2 Å². The van der Waals surface area contributed by atoms with Crippen LogP contribution in [-0.4, -0.2) is 61.4 Å². The average Bonchev–Trinajstić information content (AvgIpc) is 2.45. The Balaban J connectivity index is 2.18. The lowest BCUT2D eigenvalue weighted by atomic mass is 10.1. The van der Waals surface area contributed by atoms with Crippen molar-refractivity contribution in [1.29, 1.82) is 0 Å². The number of nitrogens with zero attached hydrogens (tertiary/aromatic N) is 2. The minimum absolute atomic E-state index is 0.00763. The predicted molar refractivity (Wildman–Crippen MR) is 77.8 cm³/mol. The van der Waals surface area contributed by atoms with Crippen LogP contribution in [-0.2, 0) is 0 Å². The van der Waals surface area contributed by atoms with E-state index in [1.165, 1.54) is 4.90 Å². The van der Waals surface area contributed by atoms with Crippen LogP contribution in [0.2, 0.25) is 0 Å². The van der Waals surface area contributed by atoms with Crippen molar-refractivity contribution in [2.24, 2.45) is 0 Å². The van der Waals surface area contributed by atoms with Crippen molar-refractivity contribution >= 4 is 11.8 Å². The lowest BCUT2D eigenvalue weighted by molar-refractivity contribution is 0.0709. The first-order chi connectivity index (χ1) is 9.49. The Bertz CT molecular complexity index is 514. The van der Waals surface area contributed by atoms with Gasteiger partial charge in [-0.1, -0.05) is 6.07 Å². The minimum Gasteiger partial charge on any atom is -0.345 e. The predicted octanol–water partition coefficient (Wildman–Crippen LogP) is 0.822. The number of piperazine rings is 1. The summed E-state index contributed by atoms with van der Waals surface area (Å²) in [6.45, 7) is 4.27. The molecule has 1 saturated heterocycles. The molecule has 0 spiro atoms. The third kappa shape index (κ3) is 3.17. The number of hydrogen-bond acceptors (Lipinski definition) is 3. The molecule has 0 bridgehead atoms. The number of carbonyl (C=O) groups is 2. The summed E-state index contributed by atoms with van der Waals surface area (Å²) in [6.07, 6.45) is 0.